The van der Waals surface area contributed by atoms with Crippen molar-refractivity contribution in [1.29, 1.82) is 0 Å². The lowest BCUT2D eigenvalue weighted by molar-refractivity contribution is 0.0539. The van der Waals surface area contributed by atoms with E-state index in [0.717, 1.165) is 44.1 Å². The molecule has 1 aliphatic heterocycles. The Morgan fingerprint density at radius 2 is 2.24 bits per heavy atom. The van der Waals surface area contributed by atoms with Gasteiger partial charge in [0.15, 0.2) is 0 Å². The van der Waals surface area contributed by atoms with E-state index in [1.54, 1.807) is 7.11 Å². The average Bonchev–Trinajstić information content (AvgIpc) is 3.03. The molecule has 0 aliphatic carbocycles. The Kier molecular flexibility index (Phi) is 5.65. The van der Waals surface area contributed by atoms with Crippen LogP contribution in [0.25, 0.3) is 0 Å². The number of aryl methyl sites for hydroxylation is 2. The van der Waals surface area contributed by atoms with Crippen molar-refractivity contribution < 1.29 is 9.47 Å². The van der Waals surface area contributed by atoms with Gasteiger partial charge in [-0.15, -0.1) is 0 Å². The molecule has 1 fully saturated rings. The quantitative estimate of drug-likeness (QED) is 0.837. The number of rotatable bonds is 7. The van der Waals surface area contributed by atoms with Gasteiger partial charge in [-0.05, 0) is 24.7 Å². The Bertz CT molecular complexity index is 457. The fraction of sp³-hybridized carbons (Fsp3) is 0.812. The molecule has 0 bridgehead atoms. The van der Waals surface area contributed by atoms with Crippen molar-refractivity contribution in [2.75, 3.05) is 20.3 Å². The summed E-state index contributed by atoms with van der Waals surface area (Å²) in [5.74, 6) is 2.05. The maximum Gasteiger partial charge on any atom is 0.216 e. The van der Waals surface area contributed by atoms with Gasteiger partial charge in [-0.25, -0.2) is 4.68 Å². The van der Waals surface area contributed by atoms with Crippen LogP contribution in [0.2, 0.25) is 0 Å². The standard InChI is InChI=1S/C16H29N3O2/c1-6-14-13(16(20-5)19(4)18-14)10-17-9-12-7-8-21-15(12)11(2)3/h11-12,15,17H,6-10H2,1-5H3/t12-,15-/m1/s1. The maximum absolute atomic E-state index is 5.84. The zero-order valence-corrected chi connectivity index (χ0v) is 14.0. The molecule has 2 rings (SSSR count). The zero-order chi connectivity index (χ0) is 15.4. The van der Waals surface area contributed by atoms with Crippen molar-refractivity contribution in [2.45, 2.75) is 46.3 Å². The largest absolute Gasteiger partial charge is 0.481 e. The molecule has 0 amide bonds. The summed E-state index contributed by atoms with van der Waals surface area (Å²) in [7, 11) is 3.64. The van der Waals surface area contributed by atoms with Gasteiger partial charge in [0, 0.05) is 26.7 Å². The molecule has 1 aromatic heterocycles. The summed E-state index contributed by atoms with van der Waals surface area (Å²) in [5.41, 5.74) is 2.30. The van der Waals surface area contributed by atoms with Crippen LogP contribution in [-0.4, -0.2) is 36.1 Å². The van der Waals surface area contributed by atoms with Crippen molar-refractivity contribution in [1.82, 2.24) is 15.1 Å². The van der Waals surface area contributed by atoms with Gasteiger partial charge in [0.1, 0.15) is 0 Å². The molecule has 0 spiro atoms. The van der Waals surface area contributed by atoms with Crippen molar-refractivity contribution in [3.63, 3.8) is 0 Å². The number of ether oxygens (including phenoxy) is 2. The van der Waals surface area contributed by atoms with E-state index in [1.165, 1.54) is 5.56 Å². The fourth-order valence-electron chi connectivity index (χ4n) is 3.32. The highest BCUT2D eigenvalue weighted by atomic mass is 16.5. The van der Waals surface area contributed by atoms with E-state index >= 15 is 0 Å². The van der Waals surface area contributed by atoms with Gasteiger partial charge in [0.25, 0.3) is 0 Å². The van der Waals surface area contributed by atoms with E-state index < -0.39 is 0 Å². The molecule has 5 heteroatoms. The third-order valence-electron chi connectivity index (χ3n) is 4.33. The molecule has 21 heavy (non-hydrogen) atoms. The lowest BCUT2D eigenvalue weighted by atomic mass is 9.93. The SMILES string of the molecule is CCc1nn(C)c(OC)c1CNC[C@H]1CCO[C@@H]1C(C)C. The molecular formula is C16H29N3O2. The van der Waals surface area contributed by atoms with E-state index in [1.807, 2.05) is 11.7 Å². The second kappa shape index (κ2) is 7.27. The first-order valence-electron chi connectivity index (χ1n) is 7.99. The summed E-state index contributed by atoms with van der Waals surface area (Å²) < 4.78 is 13.1. The van der Waals surface area contributed by atoms with Gasteiger partial charge >= 0.3 is 0 Å². The number of nitrogens with zero attached hydrogens (tertiary/aromatic N) is 2. The topological polar surface area (TPSA) is 48.3 Å². The van der Waals surface area contributed by atoms with Gasteiger partial charge in [-0.2, -0.15) is 5.10 Å². The molecule has 120 valence electrons. The number of nitrogens with one attached hydrogen (secondary N) is 1. The van der Waals surface area contributed by atoms with Crippen LogP contribution >= 0.6 is 0 Å². The first-order valence-corrected chi connectivity index (χ1v) is 7.99. The molecule has 5 nitrogen and oxygen atoms in total. The predicted molar refractivity (Wildman–Crippen MR) is 83.5 cm³/mol. The van der Waals surface area contributed by atoms with Gasteiger partial charge in [-0.3, -0.25) is 0 Å². The van der Waals surface area contributed by atoms with E-state index in [4.69, 9.17) is 9.47 Å². The number of methoxy groups -OCH3 is 1. The summed E-state index contributed by atoms with van der Waals surface area (Å²) in [4.78, 5) is 0. The second-order valence-electron chi connectivity index (χ2n) is 6.17. The fourth-order valence-corrected chi connectivity index (χ4v) is 3.32. The maximum atomic E-state index is 5.84. The Morgan fingerprint density at radius 3 is 2.86 bits per heavy atom. The second-order valence-corrected chi connectivity index (χ2v) is 6.17. The third-order valence-corrected chi connectivity index (χ3v) is 4.33. The first-order chi connectivity index (χ1) is 10.1. The van der Waals surface area contributed by atoms with E-state index in [-0.39, 0.29) is 0 Å². The van der Waals surface area contributed by atoms with Crippen molar-refractivity contribution in [2.24, 2.45) is 18.9 Å². The highest BCUT2D eigenvalue weighted by molar-refractivity contribution is 5.31. The average molecular weight is 295 g/mol. The Labute approximate surface area is 128 Å². The highest BCUT2D eigenvalue weighted by Gasteiger charge is 2.30. The summed E-state index contributed by atoms with van der Waals surface area (Å²) in [6.45, 7) is 9.30. The Morgan fingerprint density at radius 1 is 1.48 bits per heavy atom. The summed E-state index contributed by atoms with van der Waals surface area (Å²) >= 11 is 0. The molecule has 2 atom stereocenters. The minimum atomic E-state index is 0.388. The van der Waals surface area contributed by atoms with Crippen molar-refractivity contribution >= 4 is 0 Å². The van der Waals surface area contributed by atoms with E-state index in [9.17, 15) is 0 Å². The molecule has 1 aliphatic rings. The van der Waals surface area contributed by atoms with E-state index in [2.05, 4.69) is 31.2 Å². The monoisotopic (exact) mass is 295 g/mol. The first kappa shape index (κ1) is 16.3. The zero-order valence-electron chi connectivity index (χ0n) is 14.0. The van der Waals surface area contributed by atoms with Crippen molar-refractivity contribution in [3.05, 3.63) is 11.3 Å². The number of hydrogen-bond donors (Lipinski definition) is 1. The van der Waals surface area contributed by atoms with Crippen LogP contribution in [-0.2, 0) is 24.8 Å². The lowest BCUT2D eigenvalue weighted by Crippen LogP contribution is -2.31. The van der Waals surface area contributed by atoms with Crippen LogP contribution in [0.1, 0.15) is 38.4 Å². The normalized spacial score (nSPS) is 22.2. The molecular weight excluding hydrogens is 266 g/mol. The minimum Gasteiger partial charge on any atom is -0.481 e. The molecule has 0 unspecified atom stereocenters. The Balaban J connectivity index is 1.94. The van der Waals surface area contributed by atoms with Gasteiger partial charge < -0.3 is 14.8 Å². The lowest BCUT2D eigenvalue weighted by Gasteiger charge is -2.22. The van der Waals surface area contributed by atoms with E-state index in [0.29, 0.717) is 17.9 Å². The molecule has 0 saturated carbocycles. The summed E-state index contributed by atoms with van der Waals surface area (Å²) in [5, 5.41) is 8.10. The molecule has 1 saturated heterocycles. The molecule has 1 aromatic rings. The minimum absolute atomic E-state index is 0.388. The van der Waals surface area contributed by atoms with Crippen LogP contribution < -0.4 is 10.1 Å². The van der Waals surface area contributed by atoms with Crippen LogP contribution in [0.3, 0.4) is 0 Å². The van der Waals surface area contributed by atoms with Gasteiger partial charge in [-0.1, -0.05) is 20.8 Å². The predicted octanol–water partition coefficient (Wildman–Crippen LogP) is 2.14. The van der Waals surface area contributed by atoms with Crippen molar-refractivity contribution in [3.8, 4) is 5.88 Å². The Hall–Kier alpha value is -1.07. The smallest absolute Gasteiger partial charge is 0.216 e. The summed E-state index contributed by atoms with van der Waals surface area (Å²) in [6.07, 6.45) is 2.47. The van der Waals surface area contributed by atoms with Crippen LogP contribution in [0.4, 0.5) is 0 Å². The third kappa shape index (κ3) is 3.58. The molecule has 2 heterocycles. The van der Waals surface area contributed by atoms with Gasteiger partial charge in [0.05, 0.1) is 24.5 Å². The van der Waals surface area contributed by atoms with Crippen LogP contribution in [0.5, 0.6) is 5.88 Å². The molecule has 1 N–H and O–H groups in total. The highest BCUT2D eigenvalue weighted by Crippen LogP contribution is 2.27. The van der Waals surface area contributed by atoms with Crippen LogP contribution in [0.15, 0.2) is 0 Å². The summed E-state index contributed by atoms with van der Waals surface area (Å²) in [6, 6.07) is 0. The number of aromatic nitrogens is 2. The molecule has 0 radical (unpaired) electrons. The molecule has 0 aromatic carbocycles. The van der Waals surface area contributed by atoms with Crippen LogP contribution in [0, 0.1) is 11.8 Å². The van der Waals surface area contributed by atoms with Gasteiger partial charge in [0.2, 0.25) is 5.88 Å². The number of hydrogen-bond acceptors (Lipinski definition) is 4.